The van der Waals surface area contributed by atoms with Gasteiger partial charge in [-0.2, -0.15) is 4.98 Å². The molecule has 0 fully saturated rings. The number of ether oxygens (including phenoxy) is 1. The molecule has 1 N–H and O–H groups in total. The number of aryl methyl sites for hydroxylation is 2. The molecule has 0 atom stereocenters. The Hall–Kier alpha value is -1.97. The van der Waals surface area contributed by atoms with Gasteiger partial charge in [0.1, 0.15) is 11.6 Å². The highest BCUT2D eigenvalue weighted by Gasteiger charge is 2.08. The number of rotatable bonds is 2. The first-order valence-electron chi connectivity index (χ1n) is 4.99. The van der Waals surface area contributed by atoms with Gasteiger partial charge in [0.2, 0.25) is 5.88 Å². The van der Waals surface area contributed by atoms with Crippen LogP contribution in [-0.2, 0) is 7.05 Å². The minimum Gasteiger partial charge on any atom is -0.496 e. The Labute approximate surface area is 94.1 Å². The summed E-state index contributed by atoms with van der Waals surface area (Å²) >= 11 is 0. The van der Waals surface area contributed by atoms with Crippen LogP contribution in [0.25, 0.3) is 11.4 Å². The molecule has 0 spiro atoms. The van der Waals surface area contributed by atoms with Crippen LogP contribution in [0, 0.1) is 6.92 Å². The minimum atomic E-state index is 0.0333. The maximum Gasteiger partial charge on any atom is 0.229 e. The second-order valence-corrected chi connectivity index (χ2v) is 3.72. The predicted molar refractivity (Wildman–Crippen MR) is 61.6 cm³/mol. The van der Waals surface area contributed by atoms with E-state index in [0.717, 1.165) is 22.7 Å². The van der Waals surface area contributed by atoms with Crippen LogP contribution in [0.4, 0.5) is 0 Å². The van der Waals surface area contributed by atoms with Crippen LogP contribution >= 0.6 is 0 Å². The Bertz CT molecular complexity index is 518. The summed E-state index contributed by atoms with van der Waals surface area (Å²) in [5.74, 6) is 1.62. The molecule has 1 aromatic carbocycles. The summed E-state index contributed by atoms with van der Waals surface area (Å²) in [4.78, 5) is 4.05. The average Bonchev–Trinajstić information content (AvgIpc) is 2.58. The van der Waals surface area contributed by atoms with E-state index in [4.69, 9.17) is 4.74 Å². The number of hydrogen-bond donors (Lipinski definition) is 1. The smallest absolute Gasteiger partial charge is 0.229 e. The van der Waals surface area contributed by atoms with Gasteiger partial charge in [-0.1, -0.05) is 0 Å². The van der Waals surface area contributed by atoms with Gasteiger partial charge in [-0.05, 0) is 30.7 Å². The van der Waals surface area contributed by atoms with Crippen molar-refractivity contribution in [3.63, 3.8) is 0 Å². The second-order valence-electron chi connectivity index (χ2n) is 3.72. The molecule has 16 heavy (non-hydrogen) atoms. The highest BCUT2D eigenvalue weighted by Crippen LogP contribution is 2.26. The summed E-state index contributed by atoms with van der Waals surface area (Å²) in [6.07, 6.45) is 1.58. The molecule has 0 bridgehead atoms. The molecule has 0 amide bonds. The monoisotopic (exact) mass is 218 g/mol. The summed E-state index contributed by atoms with van der Waals surface area (Å²) in [5, 5.41) is 9.31. The number of benzene rings is 1. The lowest BCUT2D eigenvalue weighted by Gasteiger charge is -2.07. The van der Waals surface area contributed by atoms with Gasteiger partial charge in [-0.3, -0.25) is 0 Å². The zero-order valence-corrected chi connectivity index (χ0v) is 9.56. The van der Waals surface area contributed by atoms with E-state index in [-0.39, 0.29) is 5.88 Å². The fourth-order valence-corrected chi connectivity index (χ4v) is 1.74. The summed E-state index contributed by atoms with van der Waals surface area (Å²) in [5.41, 5.74) is 2.00. The van der Waals surface area contributed by atoms with Crippen molar-refractivity contribution in [2.24, 2.45) is 7.05 Å². The number of aromatic hydroxyl groups is 1. The molecule has 2 rings (SSSR count). The standard InChI is InChI=1S/C12H14N2O2/c1-8-6-9(4-5-10(8)16-3)12-13-11(15)7-14(12)2/h4-7,15H,1-3H3. The summed E-state index contributed by atoms with van der Waals surface area (Å²) < 4.78 is 6.98. The van der Waals surface area contributed by atoms with Gasteiger partial charge in [0, 0.05) is 12.6 Å². The number of nitrogens with zero attached hydrogens (tertiary/aromatic N) is 2. The van der Waals surface area contributed by atoms with Crippen molar-refractivity contribution in [2.45, 2.75) is 6.92 Å². The zero-order valence-electron chi connectivity index (χ0n) is 9.56. The Morgan fingerprint density at radius 1 is 1.38 bits per heavy atom. The first kappa shape index (κ1) is 10.5. The second kappa shape index (κ2) is 3.89. The largest absolute Gasteiger partial charge is 0.496 e. The fraction of sp³-hybridized carbons (Fsp3) is 0.250. The number of hydrogen-bond acceptors (Lipinski definition) is 3. The van der Waals surface area contributed by atoms with E-state index in [1.54, 1.807) is 17.9 Å². The minimum absolute atomic E-state index is 0.0333. The van der Waals surface area contributed by atoms with Crippen LogP contribution in [0.3, 0.4) is 0 Å². The van der Waals surface area contributed by atoms with E-state index in [2.05, 4.69) is 4.98 Å². The van der Waals surface area contributed by atoms with Crippen molar-refractivity contribution in [3.05, 3.63) is 30.0 Å². The third-order valence-corrected chi connectivity index (χ3v) is 2.52. The Balaban J connectivity index is 2.49. The average molecular weight is 218 g/mol. The lowest BCUT2D eigenvalue weighted by atomic mass is 10.1. The molecule has 1 aromatic heterocycles. The van der Waals surface area contributed by atoms with Gasteiger partial charge in [0.25, 0.3) is 0 Å². The summed E-state index contributed by atoms with van der Waals surface area (Å²) in [6.45, 7) is 1.98. The Morgan fingerprint density at radius 2 is 2.12 bits per heavy atom. The van der Waals surface area contributed by atoms with Crippen LogP contribution in [-0.4, -0.2) is 21.8 Å². The van der Waals surface area contributed by atoms with Crippen LogP contribution in [0.2, 0.25) is 0 Å². The van der Waals surface area contributed by atoms with E-state index in [9.17, 15) is 5.11 Å². The highest BCUT2D eigenvalue weighted by molar-refractivity contribution is 5.59. The molecule has 0 saturated heterocycles. The molecule has 0 aliphatic rings. The molecule has 2 aromatic rings. The van der Waals surface area contributed by atoms with Gasteiger partial charge in [-0.15, -0.1) is 0 Å². The van der Waals surface area contributed by atoms with Crippen molar-refractivity contribution in [1.29, 1.82) is 0 Å². The quantitative estimate of drug-likeness (QED) is 0.839. The van der Waals surface area contributed by atoms with Crippen LogP contribution in [0.5, 0.6) is 11.6 Å². The fourth-order valence-electron chi connectivity index (χ4n) is 1.74. The third-order valence-electron chi connectivity index (χ3n) is 2.52. The molecule has 4 heteroatoms. The van der Waals surface area contributed by atoms with Crippen molar-refractivity contribution in [3.8, 4) is 23.0 Å². The lowest BCUT2D eigenvalue weighted by molar-refractivity contribution is 0.412. The number of aromatic nitrogens is 2. The summed E-state index contributed by atoms with van der Waals surface area (Å²) in [7, 11) is 3.50. The first-order chi connectivity index (χ1) is 7.61. The van der Waals surface area contributed by atoms with E-state index in [1.165, 1.54) is 0 Å². The normalized spacial score (nSPS) is 10.4. The van der Waals surface area contributed by atoms with Crippen LogP contribution in [0.1, 0.15) is 5.56 Å². The molecule has 4 nitrogen and oxygen atoms in total. The molecule has 1 heterocycles. The van der Waals surface area contributed by atoms with E-state index in [1.807, 2.05) is 32.2 Å². The van der Waals surface area contributed by atoms with Gasteiger partial charge < -0.3 is 14.4 Å². The molecule has 0 aliphatic heterocycles. The molecular formula is C12H14N2O2. The third kappa shape index (κ3) is 1.74. The number of imidazole rings is 1. The molecule has 0 unspecified atom stereocenters. The maximum absolute atomic E-state index is 9.31. The first-order valence-corrected chi connectivity index (χ1v) is 4.99. The van der Waals surface area contributed by atoms with Crippen molar-refractivity contribution in [1.82, 2.24) is 9.55 Å². The molecular weight excluding hydrogens is 204 g/mol. The predicted octanol–water partition coefficient (Wildman–Crippen LogP) is 2.11. The van der Waals surface area contributed by atoms with Crippen molar-refractivity contribution < 1.29 is 9.84 Å². The molecule has 84 valence electrons. The highest BCUT2D eigenvalue weighted by atomic mass is 16.5. The van der Waals surface area contributed by atoms with Crippen LogP contribution in [0.15, 0.2) is 24.4 Å². The van der Waals surface area contributed by atoms with Gasteiger partial charge in [0.05, 0.1) is 13.3 Å². The van der Waals surface area contributed by atoms with Gasteiger partial charge >= 0.3 is 0 Å². The van der Waals surface area contributed by atoms with Crippen molar-refractivity contribution >= 4 is 0 Å². The molecule has 0 aliphatic carbocycles. The topological polar surface area (TPSA) is 47.3 Å². The van der Waals surface area contributed by atoms with E-state index in [0.29, 0.717) is 0 Å². The SMILES string of the molecule is COc1ccc(-c2nc(O)cn2C)cc1C. The van der Waals surface area contributed by atoms with Crippen molar-refractivity contribution in [2.75, 3.05) is 7.11 Å². The lowest BCUT2D eigenvalue weighted by Crippen LogP contribution is -1.93. The summed E-state index contributed by atoms with van der Waals surface area (Å²) in [6, 6.07) is 5.81. The van der Waals surface area contributed by atoms with Gasteiger partial charge in [-0.25, -0.2) is 0 Å². The van der Waals surface area contributed by atoms with E-state index < -0.39 is 0 Å². The number of methoxy groups -OCH3 is 1. The van der Waals surface area contributed by atoms with Gasteiger partial charge in [0.15, 0.2) is 0 Å². The molecule has 0 radical (unpaired) electrons. The zero-order chi connectivity index (χ0) is 11.7. The molecule has 0 saturated carbocycles. The Kier molecular flexibility index (Phi) is 2.56. The Morgan fingerprint density at radius 3 is 2.62 bits per heavy atom. The van der Waals surface area contributed by atoms with Crippen LogP contribution < -0.4 is 4.74 Å². The maximum atomic E-state index is 9.31. The van der Waals surface area contributed by atoms with E-state index >= 15 is 0 Å².